The SMILES string of the molecule is CC1=CC2(C=O)[C@H](C)C[C@@H](C)[C@@H](C(C)(C)C)C(C)/C=C3/COC(C)(C)OC3C2(O)C1O. The van der Waals surface area contributed by atoms with Gasteiger partial charge < -0.3 is 24.5 Å². The molecule has 0 radical (unpaired) electrons. The highest BCUT2D eigenvalue weighted by Gasteiger charge is 2.67. The molecule has 176 valence electrons. The number of aliphatic hydroxyl groups is 2. The molecule has 0 aromatic rings. The fourth-order valence-electron chi connectivity index (χ4n) is 7.04. The molecule has 3 aliphatic rings. The summed E-state index contributed by atoms with van der Waals surface area (Å²) in [5.74, 6) is -0.219. The Morgan fingerprint density at radius 3 is 2.35 bits per heavy atom. The van der Waals surface area contributed by atoms with E-state index < -0.39 is 29.0 Å². The first-order chi connectivity index (χ1) is 14.1. The number of carbonyl (C=O) groups excluding carboxylic acids is 1. The van der Waals surface area contributed by atoms with Gasteiger partial charge in [0.25, 0.3) is 0 Å². The molecule has 3 rings (SSSR count). The summed E-state index contributed by atoms with van der Waals surface area (Å²) in [5, 5.41) is 23.5. The van der Waals surface area contributed by atoms with Gasteiger partial charge in [-0.1, -0.05) is 53.7 Å². The minimum Gasteiger partial charge on any atom is -0.386 e. The fourth-order valence-corrected chi connectivity index (χ4v) is 7.04. The molecule has 0 saturated carbocycles. The molecule has 1 saturated heterocycles. The summed E-state index contributed by atoms with van der Waals surface area (Å²) >= 11 is 0. The average Bonchev–Trinajstić information content (AvgIpc) is 2.83. The van der Waals surface area contributed by atoms with Crippen LogP contribution in [-0.2, 0) is 14.3 Å². The van der Waals surface area contributed by atoms with Crippen molar-refractivity contribution in [3.8, 4) is 0 Å². The molecule has 1 heterocycles. The molecule has 1 fully saturated rings. The Labute approximate surface area is 187 Å². The molecule has 0 spiro atoms. The zero-order valence-electron chi connectivity index (χ0n) is 20.7. The third-order valence-corrected chi connectivity index (χ3v) is 8.13. The van der Waals surface area contributed by atoms with Crippen molar-refractivity contribution in [3.63, 3.8) is 0 Å². The lowest BCUT2D eigenvalue weighted by atomic mass is 9.57. The monoisotopic (exact) mass is 434 g/mol. The summed E-state index contributed by atoms with van der Waals surface area (Å²) in [7, 11) is 0. The molecule has 8 atom stereocenters. The van der Waals surface area contributed by atoms with E-state index in [4.69, 9.17) is 9.47 Å². The van der Waals surface area contributed by atoms with Gasteiger partial charge in [-0.2, -0.15) is 0 Å². The highest BCUT2D eigenvalue weighted by molar-refractivity contribution is 5.70. The molecule has 0 aromatic carbocycles. The second kappa shape index (κ2) is 7.79. The molecule has 1 aliphatic heterocycles. The van der Waals surface area contributed by atoms with Crippen molar-refractivity contribution in [2.75, 3.05) is 6.61 Å². The standard InChI is InChI=1S/C26H42O5/c1-15-10-18(4)25(14-27)12-17(3)21(28)26(25,29)22-19(13-30-24(8,9)31-22)11-16(2)20(15)23(5,6)7/h11-12,14-16,18,20-22,28-29H,10,13H2,1-9H3/b19-11-/t15-,16?,18-,20-,21?,22?,25?,26?/m1/s1. The Balaban J connectivity index is 2.28. The number of hydrogen-bond acceptors (Lipinski definition) is 5. The van der Waals surface area contributed by atoms with Crippen LogP contribution in [0.2, 0.25) is 0 Å². The molecule has 5 unspecified atom stereocenters. The van der Waals surface area contributed by atoms with E-state index in [9.17, 15) is 15.0 Å². The number of allylic oxidation sites excluding steroid dienone is 1. The maximum atomic E-state index is 12.8. The van der Waals surface area contributed by atoms with Gasteiger partial charge in [0.2, 0.25) is 0 Å². The topological polar surface area (TPSA) is 76.0 Å². The van der Waals surface area contributed by atoms with Gasteiger partial charge in [-0.3, -0.25) is 0 Å². The van der Waals surface area contributed by atoms with Crippen LogP contribution in [0.4, 0.5) is 0 Å². The van der Waals surface area contributed by atoms with Gasteiger partial charge in [0, 0.05) is 0 Å². The van der Waals surface area contributed by atoms with Crippen LogP contribution < -0.4 is 0 Å². The predicted octanol–water partition coefficient (Wildman–Crippen LogP) is 4.28. The number of fused-ring (bicyclic) bond motifs is 3. The maximum Gasteiger partial charge on any atom is 0.164 e. The molecule has 0 bridgehead atoms. The number of carbonyl (C=O) groups is 1. The molecule has 2 N–H and O–H groups in total. The first-order valence-corrected chi connectivity index (χ1v) is 11.7. The van der Waals surface area contributed by atoms with E-state index in [0.29, 0.717) is 24.0 Å². The highest BCUT2D eigenvalue weighted by atomic mass is 16.7. The van der Waals surface area contributed by atoms with Crippen molar-refractivity contribution in [1.29, 1.82) is 0 Å². The van der Waals surface area contributed by atoms with Crippen molar-refractivity contribution in [2.45, 2.75) is 92.3 Å². The van der Waals surface area contributed by atoms with Gasteiger partial charge in [-0.15, -0.1) is 0 Å². The van der Waals surface area contributed by atoms with E-state index in [1.165, 1.54) is 0 Å². The fraction of sp³-hybridized carbons (Fsp3) is 0.808. The third-order valence-electron chi connectivity index (χ3n) is 8.13. The number of aldehydes is 1. The van der Waals surface area contributed by atoms with Gasteiger partial charge in [0.05, 0.1) is 12.0 Å². The van der Waals surface area contributed by atoms with Crippen molar-refractivity contribution in [2.24, 2.45) is 34.5 Å². The normalized spacial score (nSPS) is 47.5. The predicted molar refractivity (Wildman–Crippen MR) is 121 cm³/mol. The lowest BCUT2D eigenvalue weighted by molar-refractivity contribution is -0.303. The summed E-state index contributed by atoms with van der Waals surface area (Å²) < 4.78 is 12.3. The highest BCUT2D eigenvalue weighted by Crippen LogP contribution is 2.56. The third kappa shape index (κ3) is 3.76. The van der Waals surface area contributed by atoms with Crippen LogP contribution in [0.1, 0.15) is 68.7 Å². The second-order valence-corrected chi connectivity index (χ2v) is 12.0. The first-order valence-electron chi connectivity index (χ1n) is 11.7. The van der Waals surface area contributed by atoms with E-state index in [1.807, 2.05) is 20.8 Å². The van der Waals surface area contributed by atoms with Gasteiger partial charge >= 0.3 is 0 Å². The number of aliphatic hydroxyl groups excluding tert-OH is 1. The maximum absolute atomic E-state index is 12.8. The molecular formula is C26H42O5. The summed E-state index contributed by atoms with van der Waals surface area (Å²) in [5.41, 5.74) is -1.56. The van der Waals surface area contributed by atoms with Crippen LogP contribution in [0.5, 0.6) is 0 Å². The smallest absolute Gasteiger partial charge is 0.164 e. The summed E-state index contributed by atoms with van der Waals surface area (Å²) in [6.45, 7) is 19.0. The van der Waals surface area contributed by atoms with Crippen molar-refractivity contribution in [3.05, 3.63) is 23.3 Å². The van der Waals surface area contributed by atoms with Crippen LogP contribution >= 0.6 is 0 Å². The average molecular weight is 435 g/mol. The lowest BCUT2D eigenvalue weighted by Gasteiger charge is -2.54. The Kier molecular flexibility index (Phi) is 6.19. The zero-order valence-corrected chi connectivity index (χ0v) is 20.7. The molecule has 5 heteroatoms. The van der Waals surface area contributed by atoms with Gasteiger partial charge in [-0.25, -0.2) is 0 Å². The van der Waals surface area contributed by atoms with Crippen molar-refractivity contribution < 1.29 is 24.5 Å². The molecular weight excluding hydrogens is 392 g/mol. The largest absolute Gasteiger partial charge is 0.386 e. The second-order valence-electron chi connectivity index (χ2n) is 12.0. The minimum absolute atomic E-state index is 0.0611. The van der Waals surface area contributed by atoms with Gasteiger partial charge in [0.15, 0.2) is 5.79 Å². The number of rotatable bonds is 1. The minimum atomic E-state index is -1.79. The van der Waals surface area contributed by atoms with Crippen LogP contribution in [0.15, 0.2) is 23.3 Å². The lowest BCUT2D eigenvalue weighted by Crippen LogP contribution is -2.67. The Hall–Kier alpha value is -1.01. The summed E-state index contributed by atoms with van der Waals surface area (Å²) in [6.07, 6.45) is 3.54. The molecule has 2 aliphatic carbocycles. The first kappa shape index (κ1) is 24.6. The van der Waals surface area contributed by atoms with Crippen LogP contribution in [0, 0.1) is 34.5 Å². The van der Waals surface area contributed by atoms with E-state index in [1.54, 1.807) is 13.0 Å². The van der Waals surface area contributed by atoms with E-state index >= 15 is 0 Å². The summed E-state index contributed by atoms with van der Waals surface area (Å²) in [4.78, 5) is 12.8. The number of hydrogen-bond donors (Lipinski definition) is 2. The van der Waals surface area contributed by atoms with Crippen molar-refractivity contribution >= 4 is 6.29 Å². The molecule has 31 heavy (non-hydrogen) atoms. The van der Waals surface area contributed by atoms with Crippen molar-refractivity contribution in [1.82, 2.24) is 0 Å². The quantitative estimate of drug-likeness (QED) is 0.476. The summed E-state index contributed by atoms with van der Waals surface area (Å²) in [6, 6.07) is 0. The number of ether oxygens (including phenoxy) is 2. The van der Waals surface area contributed by atoms with Crippen LogP contribution in [0.25, 0.3) is 0 Å². The Morgan fingerprint density at radius 1 is 1.19 bits per heavy atom. The zero-order chi connectivity index (χ0) is 23.6. The Morgan fingerprint density at radius 2 is 1.81 bits per heavy atom. The van der Waals surface area contributed by atoms with E-state index in [-0.39, 0.29) is 17.3 Å². The Bertz CT molecular complexity index is 775. The molecule has 0 aromatic heterocycles. The van der Waals surface area contributed by atoms with E-state index in [0.717, 1.165) is 18.3 Å². The van der Waals surface area contributed by atoms with Gasteiger partial charge in [-0.05, 0) is 67.4 Å². The molecule has 5 nitrogen and oxygen atoms in total. The van der Waals surface area contributed by atoms with Crippen LogP contribution in [-0.4, -0.2) is 46.7 Å². The molecule has 0 amide bonds. The van der Waals surface area contributed by atoms with Gasteiger partial charge in [0.1, 0.15) is 24.1 Å². The van der Waals surface area contributed by atoms with Crippen LogP contribution in [0.3, 0.4) is 0 Å². The van der Waals surface area contributed by atoms with E-state index in [2.05, 4.69) is 40.7 Å².